The lowest BCUT2D eigenvalue weighted by atomic mass is 9.98. The topological polar surface area (TPSA) is 131 Å². The molecule has 0 unspecified atom stereocenters. The number of ether oxygens (including phenoxy) is 1. The lowest BCUT2D eigenvalue weighted by Gasteiger charge is -2.29. The molecule has 0 bridgehead atoms. The van der Waals surface area contributed by atoms with Crippen LogP contribution in [0.3, 0.4) is 0 Å². The van der Waals surface area contributed by atoms with Crippen LogP contribution in [0.1, 0.15) is 12.8 Å². The molecule has 2 N–H and O–H groups in total. The number of rotatable bonds is 6. The predicted molar refractivity (Wildman–Crippen MR) is 121 cm³/mol. The van der Waals surface area contributed by atoms with Crippen LogP contribution >= 0.6 is 15.9 Å². The number of nitro groups is 1. The minimum Gasteiger partial charge on any atom is -0.486 e. The highest BCUT2D eigenvalue weighted by atomic mass is 79.9. The summed E-state index contributed by atoms with van der Waals surface area (Å²) < 4.78 is 20.6. The molecule has 4 rings (SSSR count). The fourth-order valence-electron chi connectivity index (χ4n) is 3.65. The molecule has 3 aromatic rings. The molecule has 1 aliphatic heterocycles. The molecule has 0 saturated carbocycles. The molecule has 2 heterocycles. The van der Waals surface area contributed by atoms with Crippen LogP contribution in [-0.4, -0.2) is 50.7 Å². The summed E-state index contributed by atoms with van der Waals surface area (Å²) in [5.74, 6) is -0.150. The summed E-state index contributed by atoms with van der Waals surface area (Å²) in [6.07, 6.45) is 1.55. The first kappa shape index (κ1) is 22.6. The summed E-state index contributed by atoms with van der Waals surface area (Å²) in [4.78, 5) is 31.8. The highest BCUT2D eigenvalue weighted by Crippen LogP contribution is 2.35. The number of fused-ring (bicyclic) bond motifs is 1. The molecule has 0 aliphatic carbocycles. The fourth-order valence-corrected chi connectivity index (χ4v) is 3.98. The lowest BCUT2D eigenvalue weighted by molar-refractivity contribution is -0.385. The summed E-state index contributed by atoms with van der Waals surface area (Å²) in [5.41, 5.74) is 0.291. The van der Waals surface area contributed by atoms with E-state index in [2.05, 4.69) is 31.2 Å². The maximum absolute atomic E-state index is 14.3. The number of nitrogens with zero attached hydrogens (tertiary/aromatic N) is 4. The van der Waals surface area contributed by atoms with E-state index in [9.17, 15) is 19.3 Å². The van der Waals surface area contributed by atoms with E-state index in [1.54, 1.807) is 6.07 Å². The molecule has 10 nitrogen and oxygen atoms in total. The van der Waals surface area contributed by atoms with Gasteiger partial charge in [0.2, 0.25) is 0 Å². The molecule has 2 aromatic carbocycles. The van der Waals surface area contributed by atoms with E-state index in [1.807, 2.05) is 0 Å². The summed E-state index contributed by atoms with van der Waals surface area (Å²) in [6, 6.07) is 7.24. The van der Waals surface area contributed by atoms with Gasteiger partial charge >= 0.3 is 11.8 Å². The quantitative estimate of drug-likeness (QED) is 0.345. The Hall–Kier alpha value is -3.54. The minimum atomic E-state index is -0.952. The number of amides is 1. The van der Waals surface area contributed by atoms with Crippen LogP contribution in [0.4, 0.5) is 26.4 Å². The van der Waals surface area contributed by atoms with Crippen LogP contribution in [0.15, 0.2) is 41.1 Å². The Morgan fingerprint density at radius 3 is 2.73 bits per heavy atom. The van der Waals surface area contributed by atoms with Crippen molar-refractivity contribution < 1.29 is 24.0 Å². The number of nitrogens with one attached hydrogen (secondary N) is 1. The van der Waals surface area contributed by atoms with E-state index in [4.69, 9.17) is 9.84 Å². The summed E-state index contributed by atoms with van der Waals surface area (Å²) >= 11 is 3.20. The van der Waals surface area contributed by atoms with Crippen LogP contribution in [0.2, 0.25) is 0 Å². The number of anilines is 2. The zero-order valence-electron chi connectivity index (χ0n) is 17.2. The summed E-state index contributed by atoms with van der Waals surface area (Å²) in [7, 11) is 0. The van der Waals surface area contributed by atoms with Crippen LogP contribution in [0, 0.1) is 21.8 Å². The summed E-state index contributed by atoms with van der Waals surface area (Å²) in [5, 5.41) is 24.0. The monoisotopic (exact) mass is 519 g/mol. The molecular formula is C21H19BrFN5O5. The molecule has 0 atom stereocenters. The average Bonchev–Trinajstić information content (AvgIpc) is 2.79. The second-order valence-corrected chi connectivity index (χ2v) is 8.51. The Balaban J connectivity index is 1.58. The van der Waals surface area contributed by atoms with E-state index >= 15 is 0 Å². The highest BCUT2D eigenvalue weighted by molar-refractivity contribution is 9.10. The number of likely N-dealkylation sites (tertiary alicyclic amines) is 1. The van der Waals surface area contributed by atoms with Gasteiger partial charge in [0, 0.05) is 29.7 Å². The number of piperidine rings is 1. The van der Waals surface area contributed by atoms with Crippen molar-refractivity contribution in [1.82, 2.24) is 14.9 Å². The van der Waals surface area contributed by atoms with E-state index in [0.29, 0.717) is 41.3 Å². The molecule has 172 valence electrons. The van der Waals surface area contributed by atoms with Gasteiger partial charge in [0.1, 0.15) is 18.0 Å². The first-order valence-corrected chi connectivity index (χ1v) is 10.9. The number of hydrogen-bond acceptors (Lipinski definition) is 7. The Morgan fingerprint density at radius 2 is 2.06 bits per heavy atom. The van der Waals surface area contributed by atoms with Crippen LogP contribution in [0.5, 0.6) is 5.75 Å². The van der Waals surface area contributed by atoms with Crippen molar-refractivity contribution in [2.45, 2.75) is 12.8 Å². The number of nitro benzene ring substituents is 1. The van der Waals surface area contributed by atoms with E-state index in [-0.39, 0.29) is 35.5 Å². The average molecular weight is 520 g/mol. The second kappa shape index (κ2) is 9.53. The lowest BCUT2D eigenvalue weighted by Crippen LogP contribution is -2.38. The molecule has 12 heteroatoms. The zero-order chi connectivity index (χ0) is 23.5. The van der Waals surface area contributed by atoms with Gasteiger partial charge in [0.15, 0.2) is 5.75 Å². The SMILES string of the molecule is O=C(O)N1CCC(COc2cc3ncnc(Nc4ccc(Br)cc4F)c3cc2[N+](=O)[O-])CC1. The zero-order valence-corrected chi connectivity index (χ0v) is 18.8. The van der Waals surface area contributed by atoms with Crippen molar-refractivity contribution in [3.05, 3.63) is 57.1 Å². The second-order valence-electron chi connectivity index (χ2n) is 7.59. The third-order valence-corrected chi connectivity index (χ3v) is 5.95. The minimum absolute atomic E-state index is 0.0626. The van der Waals surface area contributed by atoms with Crippen molar-refractivity contribution >= 4 is 50.1 Å². The van der Waals surface area contributed by atoms with E-state index in [0.717, 1.165) is 0 Å². The van der Waals surface area contributed by atoms with E-state index in [1.165, 1.54) is 35.5 Å². The number of aromatic nitrogens is 2. The van der Waals surface area contributed by atoms with Crippen LogP contribution in [0.25, 0.3) is 10.9 Å². The Morgan fingerprint density at radius 1 is 1.30 bits per heavy atom. The molecule has 1 aliphatic rings. The van der Waals surface area contributed by atoms with Crippen molar-refractivity contribution in [3.8, 4) is 5.75 Å². The van der Waals surface area contributed by atoms with E-state index < -0.39 is 16.8 Å². The van der Waals surface area contributed by atoms with Crippen molar-refractivity contribution in [3.63, 3.8) is 0 Å². The van der Waals surface area contributed by atoms with Gasteiger partial charge in [-0.2, -0.15) is 0 Å². The van der Waals surface area contributed by atoms with Crippen molar-refractivity contribution in [2.75, 3.05) is 25.0 Å². The smallest absolute Gasteiger partial charge is 0.407 e. The maximum Gasteiger partial charge on any atom is 0.407 e. The Labute approximate surface area is 195 Å². The van der Waals surface area contributed by atoms with Gasteiger partial charge in [-0.3, -0.25) is 10.1 Å². The maximum atomic E-state index is 14.3. The van der Waals surface area contributed by atoms with Crippen LogP contribution in [-0.2, 0) is 0 Å². The van der Waals surface area contributed by atoms with Gasteiger partial charge in [-0.05, 0) is 37.0 Å². The Kier molecular flexibility index (Phi) is 6.54. The molecule has 1 amide bonds. The number of carboxylic acid groups (broad SMARTS) is 1. The van der Waals surface area contributed by atoms with Crippen molar-refractivity contribution in [1.29, 1.82) is 0 Å². The normalized spacial score (nSPS) is 14.3. The Bertz CT molecular complexity index is 1220. The third-order valence-electron chi connectivity index (χ3n) is 5.46. The van der Waals surface area contributed by atoms with Gasteiger partial charge in [0.25, 0.3) is 0 Å². The first-order valence-electron chi connectivity index (χ1n) is 10.1. The van der Waals surface area contributed by atoms with Gasteiger partial charge in [-0.1, -0.05) is 15.9 Å². The van der Waals surface area contributed by atoms with Crippen molar-refractivity contribution in [2.24, 2.45) is 5.92 Å². The third kappa shape index (κ3) is 5.11. The number of halogens is 2. The standard InChI is InChI=1S/C21H19BrFN5O5/c22-13-1-2-16(15(23)7-13)26-20-14-8-18(28(31)32)19(9-17(14)24-11-25-20)33-10-12-3-5-27(6-4-12)21(29)30/h1-2,7-9,11-12H,3-6,10H2,(H,29,30)(H,24,25,26). The molecular weight excluding hydrogens is 501 g/mol. The van der Waals surface area contributed by atoms with Gasteiger partial charge in [-0.25, -0.2) is 19.2 Å². The van der Waals surface area contributed by atoms with Crippen LogP contribution < -0.4 is 10.1 Å². The molecule has 33 heavy (non-hydrogen) atoms. The number of hydrogen-bond donors (Lipinski definition) is 2. The molecule has 1 aromatic heterocycles. The molecule has 0 radical (unpaired) electrons. The molecule has 1 saturated heterocycles. The number of benzene rings is 2. The fraction of sp³-hybridized carbons (Fsp3) is 0.286. The first-order chi connectivity index (χ1) is 15.8. The molecule has 1 fully saturated rings. The van der Waals surface area contributed by atoms with Gasteiger partial charge in [-0.15, -0.1) is 0 Å². The number of carbonyl (C=O) groups is 1. The highest BCUT2D eigenvalue weighted by Gasteiger charge is 2.25. The largest absolute Gasteiger partial charge is 0.486 e. The summed E-state index contributed by atoms with van der Waals surface area (Å²) in [6.45, 7) is 1.02. The molecule has 0 spiro atoms. The van der Waals surface area contributed by atoms with Gasteiger partial charge < -0.3 is 20.1 Å². The predicted octanol–water partition coefficient (Wildman–Crippen LogP) is 4.95. The van der Waals surface area contributed by atoms with Gasteiger partial charge in [0.05, 0.1) is 28.1 Å².